The summed E-state index contributed by atoms with van der Waals surface area (Å²) in [4.78, 5) is 3.58. The first-order valence-electron chi connectivity index (χ1n) is 4.05. The minimum atomic E-state index is -4.46. The third-order valence-corrected chi connectivity index (χ3v) is 1.56. The molecular weight excluding hydrogens is 227 g/mol. The molecule has 0 amide bonds. The van der Waals surface area contributed by atoms with E-state index in [4.69, 9.17) is 10.9 Å². The Morgan fingerprint density at radius 1 is 1.56 bits per heavy atom. The molecule has 1 rings (SSSR count). The number of alkyl halides is 3. The Hall–Kier alpha value is -1.99. The van der Waals surface area contributed by atoms with Crippen molar-refractivity contribution in [3.8, 4) is 5.75 Å². The van der Waals surface area contributed by atoms with Crippen molar-refractivity contribution >= 4 is 5.84 Å². The lowest BCUT2D eigenvalue weighted by Gasteiger charge is -2.11. The van der Waals surface area contributed by atoms with Crippen molar-refractivity contribution < 1.29 is 23.1 Å². The van der Waals surface area contributed by atoms with Crippen LogP contribution in [0, 0.1) is 0 Å². The van der Waals surface area contributed by atoms with Crippen molar-refractivity contribution in [2.45, 2.75) is 6.18 Å². The summed E-state index contributed by atoms with van der Waals surface area (Å²) in [6, 6.07) is 1.28. The summed E-state index contributed by atoms with van der Waals surface area (Å²) in [6.45, 7) is -1.47. The second kappa shape index (κ2) is 4.69. The van der Waals surface area contributed by atoms with E-state index in [0.29, 0.717) is 0 Å². The molecule has 0 aromatic carbocycles. The second-order valence-electron chi connectivity index (χ2n) is 2.76. The summed E-state index contributed by atoms with van der Waals surface area (Å²) in [5, 5.41) is 11.1. The minimum Gasteiger partial charge on any atom is -0.482 e. The number of rotatable bonds is 3. The number of hydrogen-bond donors (Lipinski definition) is 2. The van der Waals surface area contributed by atoms with E-state index >= 15 is 0 Å². The van der Waals surface area contributed by atoms with E-state index in [1.807, 2.05) is 0 Å². The van der Waals surface area contributed by atoms with Gasteiger partial charge in [-0.15, -0.1) is 0 Å². The molecular formula is C8H8F3N3O2. The standard InChI is InChI=1S/C8H8F3N3O2/c9-8(10,11)4-16-6-3-13-2-1-5(6)7(12)14-15/h1-3,15H,4H2,(H2,12,14). The van der Waals surface area contributed by atoms with Gasteiger partial charge in [-0.25, -0.2) is 0 Å². The first-order valence-corrected chi connectivity index (χ1v) is 4.05. The van der Waals surface area contributed by atoms with Crippen LogP contribution in [0.3, 0.4) is 0 Å². The maximum atomic E-state index is 11.9. The van der Waals surface area contributed by atoms with Crippen molar-refractivity contribution in [1.82, 2.24) is 4.98 Å². The Bertz CT molecular complexity index is 392. The molecule has 0 saturated carbocycles. The molecule has 0 aliphatic heterocycles. The van der Waals surface area contributed by atoms with Gasteiger partial charge in [-0.3, -0.25) is 4.98 Å². The molecule has 88 valence electrons. The third kappa shape index (κ3) is 3.30. The average Bonchev–Trinajstić information content (AvgIpc) is 2.25. The molecule has 0 atom stereocenters. The largest absolute Gasteiger partial charge is 0.482 e. The second-order valence-corrected chi connectivity index (χ2v) is 2.76. The normalized spacial score (nSPS) is 12.6. The molecule has 0 spiro atoms. The number of hydrogen-bond acceptors (Lipinski definition) is 4. The Morgan fingerprint density at radius 2 is 2.25 bits per heavy atom. The van der Waals surface area contributed by atoms with E-state index in [2.05, 4.69) is 14.9 Å². The zero-order valence-corrected chi connectivity index (χ0v) is 7.90. The number of nitrogens with two attached hydrogens (primary N) is 1. The van der Waals surface area contributed by atoms with Crippen LogP contribution in [0.25, 0.3) is 0 Å². The summed E-state index contributed by atoms with van der Waals surface area (Å²) < 4.78 is 40.2. The average molecular weight is 235 g/mol. The number of ether oxygens (including phenoxy) is 1. The fourth-order valence-electron chi connectivity index (χ4n) is 0.920. The fraction of sp³-hybridized carbons (Fsp3) is 0.250. The molecule has 1 aromatic rings. The van der Waals surface area contributed by atoms with E-state index < -0.39 is 12.8 Å². The Morgan fingerprint density at radius 3 is 2.81 bits per heavy atom. The summed E-state index contributed by atoms with van der Waals surface area (Å²) >= 11 is 0. The van der Waals surface area contributed by atoms with Gasteiger partial charge < -0.3 is 15.7 Å². The van der Waals surface area contributed by atoms with Crippen LogP contribution in [0.15, 0.2) is 23.6 Å². The zero-order chi connectivity index (χ0) is 12.2. The summed E-state index contributed by atoms with van der Waals surface area (Å²) in [6.07, 6.45) is -2.12. The van der Waals surface area contributed by atoms with Gasteiger partial charge in [0.15, 0.2) is 12.4 Å². The van der Waals surface area contributed by atoms with Gasteiger partial charge in [0.2, 0.25) is 0 Å². The lowest BCUT2D eigenvalue weighted by molar-refractivity contribution is -0.153. The number of oxime groups is 1. The van der Waals surface area contributed by atoms with Crippen LogP contribution in [-0.2, 0) is 0 Å². The van der Waals surface area contributed by atoms with Crippen LogP contribution in [0.4, 0.5) is 13.2 Å². The van der Waals surface area contributed by atoms with Crippen LogP contribution in [0.1, 0.15) is 5.56 Å². The molecule has 1 heterocycles. The summed E-state index contributed by atoms with van der Waals surface area (Å²) in [7, 11) is 0. The lowest BCUT2D eigenvalue weighted by Crippen LogP contribution is -2.21. The first-order chi connectivity index (χ1) is 7.44. The fourth-order valence-corrected chi connectivity index (χ4v) is 0.920. The Kier molecular flexibility index (Phi) is 3.54. The van der Waals surface area contributed by atoms with Gasteiger partial charge in [-0.1, -0.05) is 5.16 Å². The molecule has 0 aliphatic carbocycles. The van der Waals surface area contributed by atoms with Crippen LogP contribution >= 0.6 is 0 Å². The Balaban J connectivity index is 2.88. The van der Waals surface area contributed by atoms with Crippen LogP contribution in [-0.4, -0.2) is 28.8 Å². The lowest BCUT2D eigenvalue weighted by atomic mass is 10.2. The van der Waals surface area contributed by atoms with Gasteiger partial charge in [-0.05, 0) is 6.07 Å². The molecule has 16 heavy (non-hydrogen) atoms. The van der Waals surface area contributed by atoms with Crippen LogP contribution < -0.4 is 10.5 Å². The zero-order valence-electron chi connectivity index (χ0n) is 7.90. The van der Waals surface area contributed by atoms with Crippen molar-refractivity contribution in [2.24, 2.45) is 10.9 Å². The maximum Gasteiger partial charge on any atom is 0.422 e. The number of halogens is 3. The summed E-state index contributed by atoms with van der Waals surface area (Å²) in [5.74, 6) is -0.547. The highest BCUT2D eigenvalue weighted by Gasteiger charge is 2.29. The first kappa shape index (κ1) is 12.1. The Labute approximate surface area is 88.3 Å². The molecule has 0 saturated heterocycles. The smallest absolute Gasteiger partial charge is 0.422 e. The molecule has 3 N–H and O–H groups in total. The number of nitrogens with zero attached hydrogens (tertiary/aromatic N) is 2. The van der Waals surface area contributed by atoms with Crippen molar-refractivity contribution in [2.75, 3.05) is 6.61 Å². The van der Waals surface area contributed by atoms with E-state index in [-0.39, 0.29) is 17.1 Å². The van der Waals surface area contributed by atoms with Crippen LogP contribution in [0.5, 0.6) is 5.75 Å². The summed E-state index contributed by atoms with van der Waals surface area (Å²) in [5.41, 5.74) is 5.29. The van der Waals surface area contributed by atoms with Crippen LogP contribution in [0.2, 0.25) is 0 Å². The maximum absolute atomic E-state index is 11.9. The molecule has 0 fully saturated rings. The predicted molar refractivity (Wildman–Crippen MR) is 48.3 cm³/mol. The van der Waals surface area contributed by atoms with Crippen molar-refractivity contribution in [1.29, 1.82) is 0 Å². The highest BCUT2D eigenvalue weighted by molar-refractivity contribution is 5.99. The van der Waals surface area contributed by atoms with E-state index in [9.17, 15) is 13.2 Å². The van der Waals surface area contributed by atoms with Gasteiger partial charge in [0.25, 0.3) is 0 Å². The molecule has 8 heteroatoms. The molecule has 1 aromatic heterocycles. The van der Waals surface area contributed by atoms with Crippen molar-refractivity contribution in [3.63, 3.8) is 0 Å². The SMILES string of the molecule is N/C(=N/O)c1ccncc1OCC(F)(F)F. The third-order valence-electron chi connectivity index (χ3n) is 1.56. The van der Waals surface area contributed by atoms with Gasteiger partial charge in [0, 0.05) is 6.20 Å². The topological polar surface area (TPSA) is 80.7 Å². The number of pyridine rings is 1. The van der Waals surface area contributed by atoms with Gasteiger partial charge in [0.1, 0.15) is 5.75 Å². The molecule has 0 radical (unpaired) electrons. The molecule has 0 bridgehead atoms. The van der Waals surface area contributed by atoms with Gasteiger partial charge in [0.05, 0.1) is 11.8 Å². The van der Waals surface area contributed by atoms with Gasteiger partial charge >= 0.3 is 6.18 Å². The monoisotopic (exact) mass is 235 g/mol. The molecule has 0 unspecified atom stereocenters. The molecule has 5 nitrogen and oxygen atoms in total. The quantitative estimate of drug-likeness (QED) is 0.356. The van der Waals surface area contributed by atoms with E-state index in [1.54, 1.807) is 0 Å². The predicted octanol–water partition coefficient (Wildman–Crippen LogP) is 1.12. The highest BCUT2D eigenvalue weighted by atomic mass is 19.4. The van der Waals surface area contributed by atoms with E-state index in [1.165, 1.54) is 12.3 Å². The van der Waals surface area contributed by atoms with E-state index in [0.717, 1.165) is 6.20 Å². The molecule has 0 aliphatic rings. The van der Waals surface area contributed by atoms with Crippen molar-refractivity contribution in [3.05, 3.63) is 24.0 Å². The highest BCUT2D eigenvalue weighted by Crippen LogP contribution is 2.20. The minimum absolute atomic E-state index is 0.0433. The number of aromatic nitrogens is 1. The number of amidine groups is 1. The van der Waals surface area contributed by atoms with Gasteiger partial charge in [-0.2, -0.15) is 13.2 Å².